The van der Waals surface area contributed by atoms with Gasteiger partial charge in [-0.1, -0.05) is 0 Å². The zero-order chi connectivity index (χ0) is 23.6. The molecule has 1 N–H and O–H groups in total. The minimum Gasteiger partial charge on any atom is -0.475 e. The van der Waals surface area contributed by atoms with E-state index in [9.17, 15) is 4.79 Å². The molecule has 1 saturated carbocycles. The molecule has 0 aromatic carbocycles. The smallest absolute Gasteiger partial charge is 0.258 e. The second kappa shape index (κ2) is 9.30. The monoisotopic (exact) mass is 454 g/mol. The molecule has 0 bridgehead atoms. The van der Waals surface area contributed by atoms with Gasteiger partial charge in [0.2, 0.25) is 11.6 Å². The molecule has 0 unspecified atom stereocenters. The van der Waals surface area contributed by atoms with Gasteiger partial charge in [0.1, 0.15) is 24.5 Å². The number of hydrogen-bond acceptors (Lipinski definition) is 9. The fourth-order valence-corrected chi connectivity index (χ4v) is 3.96. The molecule has 4 rings (SSSR count). The van der Waals surface area contributed by atoms with Crippen molar-refractivity contribution in [3.05, 3.63) is 28.9 Å². The second-order valence-electron chi connectivity index (χ2n) is 8.55. The van der Waals surface area contributed by atoms with Gasteiger partial charge in [0.05, 0.1) is 29.8 Å². The highest BCUT2D eigenvalue weighted by atomic mass is 16.5. The van der Waals surface area contributed by atoms with Gasteiger partial charge in [-0.15, -0.1) is 0 Å². The van der Waals surface area contributed by atoms with Gasteiger partial charge in [-0.25, -0.2) is 9.97 Å². The van der Waals surface area contributed by atoms with E-state index in [0.717, 1.165) is 18.4 Å². The number of aromatic nitrogens is 2. The molecule has 2 aliphatic rings. The van der Waals surface area contributed by atoms with Gasteiger partial charge < -0.3 is 24.1 Å². The summed E-state index contributed by atoms with van der Waals surface area (Å²) in [5.74, 6) is 1.49. The van der Waals surface area contributed by atoms with Crippen molar-refractivity contribution in [3.63, 3.8) is 0 Å². The van der Waals surface area contributed by atoms with Crippen molar-refractivity contribution in [1.82, 2.24) is 14.9 Å². The number of carbonyl (C=O) groups excluding carboxylic acids is 1. The molecule has 0 radical (unpaired) electrons. The van der Waals surface area contributed by atoms with Gasteiger partial charge in [-0.2, -0.15) is 0 Å². The molecular formula is C23H30N6O4. The number of nitrogens with zero attached hydrogens (tertiary/aromatic N) is 5. The molecule has 1 fully saturated rings. The van der Waals surface area contributed by atoms with Crippen LogP contribution in [0.25, 0.3) is 11.1 Å². The Morgan fingerprint density at radius 1 is 1.36 bits per heavy atom. The van der Waals surface area contributed by atoms with Crippen molar-refractivity contribution >= 4 is 35.4 Å². The maximum atomic E-state index is 13.7. The minimum absolute atomic E-state index is 0.00578. The lowest BCUT2D eigenvalue weighted by Gasteiger charge is -2.29. The van der Waals surface area contributed by atoms with E-state index >= 15 is 0 Å². The van der Waals surface area contributed by atoms with Crippen molar-refractivity contribution in [1.29, 1.82) is 0 Å². The summed E-state index contributed by atoms with van der Waals surface area (Å²) in [5.41, 5.74) is 2.39. The topological polar surface area (TPSA) is 114 Å². The summed E-state index contributed by atoms with van der Waals surface area (Å²) < 4.78 is 16.6. The van der Waals surface area contributed by atoms with Crippen molar-refractivity contribution in [2.24, 2.45) is 9.98 Å². The summed E-state index contributed by atoms with van der Waals surface area (Å²) in [6.07, 6.45) is 4.12. The van der Waals surface area contributed by atoms with Crippen LogP contribution < -0.4 is 5.32 Å². The summed E-state index contributed by atoms with van der Waals surface area (Å²) in [6.45, 7) is 9.24. The quantitative estimate of drug-likeness (QED) is 0.370. The van der Waals surface area contributed by atoms with E-state index in [-0.39, 0.29) is 11.4 Å². The third-order valence-corrected chi connectivity index (χ3v) is 6.08. The molecule has 0 atom stereocenters. The third kappa shape index (κ3) is 4.61. The average molecular weight is 455 g/mol. The van der Waals surface area contributed by atoms with Crippen molar-refractivity contribution in [2.45, 2.75) is 38.6 Å². The Labute approximate surface area is 192 Å². The predicted molar refractivity (Wildman–Crippen MR) is 126 cm³/mol. The lowest BCUT2D eigenvalue weighted by molar-refractivity contribution is 0.0763. The molecule has 176 valence electrons. The zero-order valence-electron chi connectivity index (χ0n) is 19.6. The molecule has 0 spiro atoms. The molecule has 2 aromatic rings. The van der Waals surface area contributed by atoms with E-state index in [4.69, 9.17) is 13.9 Å². The number of hydrogen-bond donors (Lipinski definition) is 1. The van der Waals surface area contributed by atoms with Gasteiger partial charge in [-0.3, -0.25) is 14.8 Å². The van der Waals surface area contributed by atoms with Gasteiger partial charge in [0, 0.05) is 31.8 Å². The Bertz CT molecular complexity index is 1130. The molecule has 1 amide bonds. The lowest BCUT2D eigenvalue weighted by Crippen LogP contribution is -2.38. The number of fused-ring (bicyclic) bond motifs is 1. The number of rotatable bonds is 8. The van der Waals surface area contributed by atoms with Gasteiger partial charge >= 0.3 is 0 Å². The van der Waals surface area contributed by atoms with Crippen LogP contribution >= 0.6 is 0 Å². The molecule has 2 aromatic heterocycles. The predicted octanol–water partition coefficient (Wildman–Crippen LogP) is 2.99. The zero-order valence-corrected chi connectivity index (χ0v) is 19.6. The van der Waals surface area contributed by atoms with Crippen LogP contribution in [0.3, 0.4) is 0 Å². The Kier molecular flexibility index (Phi) is 6.46. The van der Waals surface area contributed by atoms with Crippen molar-refractivity contribution in [2.75, 3.05) is 45.8 Å². The van der Waals surface area contributed by atoms with E-state index in [1.165, 1.54) is 6.33 Å². The van der Waals surface area contributed by atoms with Crippen LogP contribution in [0.2, 0.25) is 0 Å². The second-order valence-corrected chi connectivity index (χ2v) is 8.55. The maximum Gasteiger partial charge on any atom is 0.258 e. The fourth-order valence-electron chi connectivity index (χ4n) is 3.96. The highest BCUT2D eigenvalue weighted by Crippen LogP contribution is 2.40. The minimum atomic E-state index is -0.152. The Hall–Kier alpha value is -3.27. The van der Waals surface area contributed by atoms with E-state index in [0.29, 0.717) is 72.6 Å². The number of carbonyl (C=O) groups is 1. The first kappa shape index (κ1) is 22.9. The van der Waals surface area contributed by atoms with E-state index in [1.807, 2.05) is 0 Å². The summed E-state index contributed by atoms with van der Waals surface area (Å²) in [6, 6.07) is 0. The molecule has 10 heteroatoms. The number of methoxy groups -OCH3 is 1. The van der Waals surface area contributed by atoms with Gasteiger partial charge in [-0.05, 0) is 39.8 Å². The molecule has 0 saturated heterocycles. The highest BCUT2D eigenvalue weighted by molar-refractivity contribution is 6.10. The van der Waals surface area contributed by atoms with Crippen LogP contribution in [0.5, 0.6) is 0 Å². The first-order chi connectivity index (χ1) is 15.9. The number of furan rings is 1. The number of anilines is 1. The molecule has 3 heterocycles. The fraction of sp³-hybridized carbons (Fsp3) is 0.522. The molecule has 1 aliphatic carbocycles. The third-order valence-electron chi connectivity index (χ3n) is 6.08. The summed E-state index contributed by atoms with van der Waals surface area (Å²) in [4.78, 5) is 32.5. The van der Waals surface area contributed by atoms with Crippen molar-refractivity contribution in [3.8, 4) is 0 Å². The molecular weight excluding hydrogens is 424 g/mol. The van der Waals surface area contributed by atoms with Crippen LogP contribution in [-0.4, -0.2) is 79.4 Å². The average Bonchev–Trinajstić information content (AvgIpc) is 3.43. The Balaban J connectivity index is 1.62. The standard InChI is InChI=1S/C23H30N6O4/c1-14-17(18-19(28-23(2)7-8-23)26-13-27-21(18)33-14)22(30)29-9-6-15(16(12-29)24-3)20(25-4)32-11-10-31-5/h13H,3,6-12H2,1-2,4-5H3,(H,26,27,28)/b25-20+. The Morgan fingerprint density at radius 3 is 2.82 bits per heavy atom. The van der Waals surface area contributed by atoms with Gasteiger partial charge in [0.15, 0.2) is 0 Å². The SMILES string of the molecule is C=NC1=C(/C(=N\C)OCCOC)CCN(C(=O)c2c(C)oc3ncnc(NC4(C)CC4)c23)C1. The summed E-state index contributed by atoms with van der Waals surface area (Å²) >= 11 is 0. The largest absolute Gasteiger partial charge is 0.475 e. The highest BCUT2D eigenvalue weighted by Gasteiger charge is 2.39. The number of amides is 1. The van der Waals surface area contributed by atoms with Gasteiger partial charge in [0.25, 0.3) is 5.91 Å². The number of ether oxygens (including phenoxy) is 2. The molecule has 33 heavy (non-hydrogen) atoms. The normalized spacial score (nSPS) is 17.9. The van der Waals surface area contributed by atoms with E-state index < -0.39 is 0 Å². The number of nitrogens with one attached hydrogen (secondary N) is 1. The maximum absolute atomic E-state index is 13.7. The summed E-state index contributed by atoms with van der Waals surface area (Å²) in [5, 5.41) is 4.08. The first-order valence-electron chi connectivity index (χ1n) is 11.0. The van der Waals surface area contributed by atoms with E-state index in [1.54, 1.807) is 26.0 Å². The van der Waals surface area contributed by atoms with Crippen LogP contribution in [0, 0.1) is 6.92 Å². The summed E-state index contributed by atoms with van der Waals surface area (Å²) in [7, 11) is 3.29. The van der Waals surface area contributed by atoms with Crippen LogP contribution in [0.15, 0.2) is 32.0 Å². The first-order valence-corrected chi connectivity index (χ1v) is 11.0. The molecule has 1 aliphatic heterocycles. The lowest BCUT2D eigenvalue weighted by atomic mass is 10.0. The van der Waals surface area contributed by atoms with Crippen LogP contribution in [-0.2, 0) is 9.47 Å². The van der Waals surface area contributed by atoms with E-state index in [2.05, 4.69) is 38.9 Å². The van der Waals surface area contributed by atoms with Crippen LogP contribution in [0.1, 0.15) is 42.3 Å². The number of aryl methyl sites for hydroxylation is 1. The Morgan fingerprint density at radius 2 is 2.15 bits per heavy atom. The number of aliphatic imine (C=N–C) groups is 2. The van der Waals surface area contributed by atoms with Crippen LogP contribution in [0.4, 0.5) is 5.82 Å². The van der Waals surface area contributed by atoms with Crippen molar-refractivity contribution < 1.29 is 18.7 Å². The molecule has 10 nitrogen and oxygen atoms in total.